The van der Waals surface area contributed by atoms with E-state index in [2.05, 4.69) is 11.2 Å². The minimum atomic E-state index is 0.717. The normalized spacial score (nSPS) is 10.5. The lowest BCUT2D eigenvalue weighted by molar-refractivity contribution is 0.692. The zero-order valence-electron chi connectivity index (χ0n) is 6.87. The summed E-state index contributed by atoms with van der Waals surface area (Å²) < 4.78 is 1.88. The van der Waals surface area contributed by atoms with Crippen molar-refractivity contribution < 1.29 is 0 Å². The van der Waals surface area contributed by atoms with Crippen molar-refractivity contribution in [3.05, 3.63) is 11.8 Å². The number of aryl methyl sites for hydroxylation is 2. The fraction of sp³-hybridized carbons (Fsp3) is 0.571. The Balaban J connectivity index is 2.62. The molecule has 4 heteroatoms. The molecule has 2 N–H and O–H groups in total. The molecule has 0 aromatic carbocycles. The molecule has 3 nitrogen and oxygen atoms in total. The second kappa shape index (κ2) is 3.78. The van der Waals surface area contributed by atoms with Gasteiger partial charge in [-0.15, -0.1) is 11.8 Å². The lowest BCUT2D eigenvalue weighted by Crippen LogP contribution is -2.02. The molecule has 0 radical (unpaired) electrons. The van der Waals surface area contributed by atoms with E-state index in [-0.39, 0.29) is 0 Å². The minimum absolute atomic E-state index is 0.717. The Kier molecular flexibility index (Phi) is 2.96. The summed E-state index contributed by atoms with van der Waals surface area (Å²) in [5.41, 5.74) is 6.44. The maximum atomic E-state index is 5.38. The first-order valence-electron chi connectivity index (χ1n) is 3.57. The van der Waals surface area contributed by atoms with Gasteiger partial charge in [0.15, 0.2) is 0 Å². The zero-order valence-corrected chi connectivity index (χ0v) is 7.69. The number of rotatable bonds is 3. The summed E-state index contributed by atoms with van der Waals surface area (Å²) in [5, 5.41) is 5.41. The second-order valence-corrected chi connectivity index (χ2v) is 3.50. The van der Waals surface area contributed by atoms with Gasteiger partial charge in [-0.3, -0.25) is 4.68 Å². The van der Waals surface area contributed by atoms with Crippen molar-refractivity contribution in [3.8, 4) is 0 Å². The summed E-state index contributed by atoms with van der Waals surface area (Å²) in [6.07, 6.45) is 0. The van der Waals surface area contributed by atoms with Gasteiger partial charge >= 0.3 is 0 Å². The van der Waals surface area contributed by atoms with Crippen LogP contribution in [0.1, 0.15) is 5.69 Å². The van der Waals surface area contributed by atoms with Crippen molar-refractivity contribution in [3.63, 3.8) is 0 Å². The summed E-state index contributed by atoms with van der Waals surface area (Å²) in [6.45, 7) is 2.71. The van der Waals surface area contributed by atoms with Crippen molar-refractivity contribution in [1.29, 1.82) is 0 Å². The van der Waals surface area contributed by atoms with Crippen LogP contribution in [0.25, 0.3) is 0 Å². The van der Waals surface area contributed by atoms with E-state index in [0.717, 1.165) is 18.0 Å². The molecule has 0 amide bonds. The van der Waals surface area contributed by atoms with Gasteiger partial charge in [-0.1, -0.05) is 0 Å². The molecule has 0 saturated heterocycles. The SMILES string of the molecule is Cc1cc(SCCN)n(C)n1. The molecule has 0 spiro atoms. The van der Waals surface area contributed by atoms with E-state index >= 15 is 0 Å². The summed E-state index contributed by atoms with van der Waals surface area (Å²) in [7, 11) is 1.95. The highest BCUT2D eigenvalue weighted by Gasteiger charge is 2.00. The fourth-order valence-electron chi connectivity index (χ4n) is 0.885. The van der Waals surface area contributed by atoms with Crippen LogP contribution in [0.5, 0.6) is 0 Å². The predicted molar refractivity (Wildman–Crippen MR) is 47.7 cm³/mol. The Morgan fingerprint density at radius 2 is 2.45 bits per heavy atom. The second-order valence-electron chi connectivity index (χ2n) is 2.38. The van der Waals surface area contributed by atoms with Crippen molar-refractivity contribution in [1.82, 2.24) is 9.78 Å². The van der Waals surface area contributed by atoms with Crippen LogP contribution in [-0.2, 0) is 7.05 Å². The molecule has 1 aromatic heterocycles. The highest BCUT2D eigenvalue weighted by atomic mass is 32.2. The number of nitrogens with zero attached hydrogens (tertiary/aromatic N) is 2. The molecule has 0 aliphatic carbocycles. The van der Waals surface area contributed by atoms with E-state index in [1.807, 2.05) is 18.7 Å². The third kappa shape index (κ3) is 2.24. The van der Waals surface area contributed by atoms with E-state index in [0.29, 0.717) is 0 Å². The molecular weight excluding hydrogens is 158 g/mol. The summed E-state index contributed by atoms with van der Waals surface area (Å²) in [5.74, 6) is 0.957. The van der Waals surface area contributed by atoms with E-state index < -0.39 is 0 Å². The van der Waals surface area contributed by atoms with E-state index in [4.69, 9.17) is 5.73 Å². The molecule has 0 aliphatic heterocycles. The molecule has 0 atom stereocenters. The molecule has 0 fully saturated rings. The molecule has 0 unspecified atom stereocenters. The predicted octanol–water partition coefficient (Wildman–Crippen LogP) is 0.779. The molecule has 11 heavy (non-hydrogen) atoms. The summed E-state index contributed by atoms with van der Waals surface area (Å²) in [4.78, 5) is 0. The number of aromatic nitrogens is 2. The van der Waals surface area contributed by atoms with Crippen LogP contribution < -0.4 is 5.73 Å². The highest BCUT2D eigenvalue weighted by Crippen LogP contribution is 2.16. The Morgan fingerprint density at radius 1 is 1.73 bits per heavy atom. The first-order chi connectivity index (χ1) is 5.24. The van der Waals surface area contributed by atoms with Gasteiger partial charge in [-0.2, -0.15) is 5.10 Å². The van der Waals surface area contributed by atoms with Gasteiger partial charge in [0, 0.05) is 19.3 Å². The van der Waals surface area contributed by atoms with Gasteiger partial charge in [0.2, 0.25) is 0 Å². The van der Waals surface area contributed by atoms with Crippen molar-refractivity contribution in [2.75, 3.05) is 12.3 Å². The van der Waals surface area contributed by atoms with Crippen LogP contribution in [0.2, 0.25) is 0 Å². The first kappa shape index (κ1) is 8.62. The third-order valence-corrected chi connectivity index (χ3v) is 2.44. The topological polar surface area (TPSA) is 43.8 Å². The average molecular weight is 171 g/mol. The monoisotopic (exact) mass is 171 g/mol. The third-order valence-electron chi connectivity index (χ3n) is 1.33. The zero-order chi connectivity index (χ0) is 8.27. The Morgan fingerprint density at radius 3 is 2.91 bits per heavy atom. The molecule has 0 bridgehead atoms. The lowest BCUT2D eigenvalue weighted by atomic mass is 10.5. The van der Waals surface area contributed by atoms with Gasteiger partial charge < -0.3 is 5.73 Å². The van der Waals surface area contributed by atoms with Crippen LogP contribution in [0.15, 0.2) is 11.1 Å². The Bertz CT molecular complexity index is 232. The van der Waals surface area contributed by atoms with Gasteiger partial charge in [-0.25, -0.2) is 0 Å². The van der Waals surface area contributed by atoms with Crippen LogP contribution >= 0.6 is 11.8 Å². The van der Waals surface area contributed by atoms with Crippen LogP contribution in [0, 0.1) is 6.92 Å². The fourth-order valence-corrected chi connectivity index (χ4v) is 1.69. The van der Waals surface area contributed by atoms with Crippen molar-refractivity contribution in [2.24, 2.45) is 12.8 Å². The molecule has 1 rings (SSSR count). The molecule has 1 heterocycles. The maximum Gasteiger partial charge on any atom is 0.0939 e. The quantitative estimate of drug-likeness (QED) is 0.683. The van der Waals surface area contributed by atoms with Crippen LogP contribution in [-0.4, -0.2) is 22.1 Å². The molecule has 1 aromatic rings. The van der Waals surface area contributed by atoms with E-state index in [1.165, 1.54) is 5.03 Å². The highest BCUT2D eigenvalue weighted by molar-refractivity contribution is 7.99. The van der Waals surface area contributed by atoms with Crippen LogP contribution in [0.4, 0.5) is 0 Å². The van der Waals surface area contributed by atoms with E-state index in [9.17, 15) is 0 Å². The molecule has 62 valence electrons. The maximum absolute atomic E-state index is 5.38. The van der Waals surface area contributed by atoms with E-state index in [1.54, 1.807) is 11.8 Å². The Labute approximate surface area is 71.0 Å². The van der Waals surface area contributed by atoms with Gasteiger partial charge in [0.1, 0.15) is 0 Å². The summed E-state index contributed by atoms with van der Waals surface area (Å²) >= 11 is 1.74. The number of nitrogens with two attached hydrogens (primary N) is 1. The first-order valence-corrected chi connectivity index (χ1v) is 4.56. The van der Waals surface area contributed by atoms with Crippen molar-refractivity contribution >= 4 is 11.8 Å². The molecular formula is C7H13N3S. The lowest BCUT2D eigenvalue weighted by Gasteiger charge is -1.97. The largest absolute Gasteiger partial charge is 0.330 e. The average Bonchev–Trinajstić information content (AvgIpc) is 2.26. The number of thioether (sulfide) groups is 1. The number of hydrogen-bond donors (Lipinski definition) is 1. The van der Waals surface area contributed by atoms with Gasteiger partial charge in [0.05, 0.1) is 10.7 Å². The minimum Gasteiger partial charge on any atom is -0.330 e. The Hall–Kier alpha value is -0.480. The van der Waals surface area contributed by atoms with Gasteiger partial charge in [0.25, 0.3) is 0 Å². The molecule has 0 saturated carbocycles. The van der Waals surface area contributed by atoms with Gasteiger partial charge in [-0.05, 0) is 13.0 Å². The smallest absolute Gasteiger partial charge is 0.0939 e. The van der Waals surface area contributed by atoms with Crippen molar-refractivity contribution in [2.45, 2.75) is 11.9 Å². The summed E-state index contributed by atoms with van der Waals surface area (Å²) in [6, 6.07) is 2.07. The standard InChI is InChI=1S/C7H13N3S/c1-6-5-7(10(2)9-6)11-4-3-8/h5H,3-4,8H2,1-2H3. The van der Waals surface area contributed by atoms with Crippen LogP contribution in [0.3, 0.4) is 0 Å². The molecule has 0 aliphatic rings. The number of hydrogen-bond acceptors (Lipinski definition) is 3.